The fourth-order valence-electron chi connectivity index (χ4n) is 1.73. The Kier molecular flexibility index (Phi) is 6.88. The van der Waals surface area contributed by atoms with E-state index in [0.29, 0.717) is 0 Å². The molecule has 1 aromatic carbocycles. The van der Waals surface area contributed by atoms with E-state index in [1.165, 1.54) is 36.6 Å². The quantitative estimate of drug-likeness (QED) is 0.721. The summed E-state index contributed by atoms with van der Waals surface area (Å²) in [7, 11) is 0. The summed E-state index contributed by atoms with van der Waals surface area (Å²) in [6.07, 6.45) is 4.84. The summed E-state index contributed by atoms with van der Waals surface area (Å²) in [5.41, 5.74) is 3.29. The normalized spacial score (nSPS) is 10.4. The van der Waals surface area contributed by atoms with Crippen LogP contribution in [-0.4, -0.2) is 11.0 Å². The Labute approximate surface area is 115 Å². The van der Waals surface area contributed by atoms with Crippen molar-refractivity contribution in [1.29, 1.82) is 0 Å². The molecule has 0 heterocycles. The van der Waals surface area contributed by atoms with E-state index in [1.54, 1.807) is 0 Å². The molecule has 0 aliphatic carbocycles. The second kappa shape index (κ2) is 8.20. The van der Waals surface area contributed by atoms with Gasteiger partial charge in [-0.3, -0.25) is 4.79 Å². The van der Waals surface area contributed by atoms with E-state index in [2.05, 4.69) is 25.2 Å². The van der Waals surface area contributed by atoms with Gasteiger partial charge in [0.1, 0.15) is 0 Å². The fourth-order valence-corrected chi connectivity index (χ4v) is 2.44. The van der Waals surface area contributed by atoms with Crippen molar-refractivity contribution in [3.8, 4) is 0 Å². The second-order valence-electron chi connectivity index (χ2n) is 4.57. The number of hydrogen-bond donors (Lipinski definition) is 1. The van der Waals surface area contributed by atoms with E-state index in [-0.39, 0.29) is 5.24 Å². The zero-order valence-electron chi connectivity index (χ0n) is 11.6. The molecule has 0 atom stereocenters. The monoisotopic (exact) mass is 265 g/mol. The molecule has 18 heavy (non-hydrogen) atoms. The lowest BCUT2D eigenvalue weighted by Crippen LogP contribution is -2.07. The van der Waals surface area contributed by atoms with Gasteiger partial charge >= 0.3 is 0 Å². The van der Waals surface area contributed by atoms with Crippen LogP contribution in [-0.2, 0) is 0 Å². The smallest absolute Gasteiger partial charge is 0.283 e. The molecule has 0 bridgehead atoms. The largest absolute Gasteiger partial charge is 0.317 e. The maximum absolute atomic E-state index is 11.8. The molecule has 1 aromatic rings. The summed E-state index contributed by atoms with van der Waals surface area (Å²) in [6.45, 7) is 6.29. The predicted molar refractivity (Wildman–Crippen MR) is 81.5 cm³/mol. The van der Waals surface area contributed by atoms with Gasteiger partial charge in [-0.1, -0.05) is 50.1 Å². The molecule has 0 aliphatic heterocycles. The number of aryl methyl sites for hydroxylation is 1. The van der Waals surface area contributed by atoms with E-state index in [0.717, 1.165) is 23.4 Å². The molecule has 0 aliphatic rings. The molecule has 0 aromatic heterocycles. The van der Waals surface area contributed by atoms with E-state index < -0.39 is 0 Å². The van der Waals surface area contributed by atoms with Crippen LogP contribution in [0.5, 0.6) is 0 Å². The molecule has 1 N–H and O–H groups in total. The van der Waals surface area contributed by atoms with Crippen LogP contribution in [0.2, 0.25) is 0 Å². The highest BCUT2D eigenvalue weighted by Gasteiger charge is 2.05. The average molecular weight is 265 g/mol. The van der Waals surface area contributed by atoms with Crippen LogP contribution >= 0.6 is 11.8 Å². The lowest BCUT2D eigenvalue weighted by molar-refractivity contribution is 0.269. The van der Waals surface area contributed by atoms with E-state index >= 15 is 0 Å². The van der Waals surface area contributed by atoms with Crippen LogP contribution in [0.25, 0.3) is 0 Å². The van der Waals surface area contributed by atoms with Crippen LogP contribution in [0.4, 0.5) is 10.5 Å². The molecule has 0 saturated heterocycles. The maximum atomic E-state index is 11.8. The van der Waals surface area contributed by atoms with Gasteiger partial charge in [-0.2, -0.15) is 0 Å². The number of carbonyl (C=O) groups is 1. The van der Waals surface area contributed by atoms with Gasteiger partial charge in [-0.15, -0.1) is 0 Å². The Hall–Kier alpha value is -0.960. The van der Waals surface area contributed by atoms with Gasteiger partial charge in [-0.25, -0.2) is 0 Å². The highest BCUT2D eigenvalue weighted by molar-refractivity contribution is 8.13. The van der Waals surface area contributed by atoms with E-state index in [4.69, 9.17) is 0 Å². The lowest BCUT2D eigenvalue weighted by Gasteiger charge is -2.09. The van der Waals surface area contributed by atoms with Crippen molar-refractivity contribution < 1.29 is 4.79 Å². The third-order valence-electron chi connectivity index (χ3n) is 3.07. The fraction of sp³-hybridized carbons (Fsp3) is 0.533. The van der Waals surface area contributed by atoms with Gasteiger partial charge in [0.2, 0.25) is 0 Å². The van der Waals surface area contributed by atoms with Gasteiger partial charge in [0, 0.05) is 11.4 Å². The van der Waals surface area contributed by atoms with Crippen molar-refractivity contribution in [2.24, 2.45) is 0 Å². The predicted octanol–water partition coefficient (Wildman–Crippen LogP) is 5.15. The summed E-state index contributed by atoms with van der Waals surface area (Å²) in [5.74, 6) is 0.913. The summed E-state index contributed by atoms with van der Waals surface area (Å²) in [5, 5.41) is 3.02. The first-order chi connectivity index (χ1) is 8.65. The second-order valence-corrected chi connectivity index (χ2v) is 5.64. The Morgan fingerprint density at radius 1 is 1.22 bits per heavy atom. The van der Waals surface area contributed by atoms with Gasteiger partial charge in [0.25, 0.3) is 5.24 Å². The molecule has 0 saturated carbocycles. The summed E-state index contributed by atoms with van der Waals surface area (Å²) in [4.78, 5) is 11.8. The summed E-state index contributed by atoms with van der Waals surface area (Å²) < 4.78 is 0. The number of anilines is 1. The molecule has 0 radical (unpaired) electrons. The van der Waals surface area contributed by atoms with Gasteiger partial charge in [0.05, 0.1) is 0 Å². The van der Waals surface area contributed by atoms with Crippen molar-refractivity contribution in [2.75, 3.05) is 11.1 Å². The van der Waals surface area contributed by atoms with Crippen molar-refractivity contribution >= 4 is 22.7 Å². The van der Waals surface area contributed by atoms with E-state index in [9.17, 15) is 4.79 Å². The van der Waals surface area contributed by atoms with Gasteiger partial charge < -0.3 is 5.32 Å². The molecular weight excluding hydrogens is 242 g/mol. The summed E-state index contributed by atoms with van der Waals surface area (Å²) in [6, 6.07) is 5.99. The van der Waals surface area contributed by atoms with Crippen LogP contribution in [0.1, 0.15) is 43.7 Å². The number of rotatable bonds is 6. The van der Waals surface area contributed by atoms with Gasteiger partial charge in [0.15, 0.2) is 0 Å². The van der Waals surface area contributed by atoms with E-state index in [1.807, 2.05) is 19.1 Å². The third kappa shape index (κ3) is 5.13. The molecule has 0 spiro atoms. The molecule has 2 nitrogen and oxygen atoms in total. The standard InChI is InChI=1S/C15H23NOS/c1-4-5-6-7-11-18-15(17)16-14-10-8-9-12(2)13(14)3/h8-10H,4-7,11H2,1-3H3,(H,16,17). The van der Waals surface area contributed by atoms with Gasteiger partial charge in [-0.05, 0) is 37.5 Å². The maximum Gasteiger partial charge on any atom is 0.283 e. The summed E-state index contributed by atoms with van der Waals surface area (Å²) >= 11 is 1.39. The number of thioether (sulfide) groups is 1. The van der Waals surface area contributed by atoms with Crippen molar-refractivity contribution in [1.82, 2.24) is 0 Å². The molecule has 0 fully saturated rings. The SMILES string of the molecule is CCCCCCSC(=O)Nc1cccc(C)c1C. The number of hydrogen-bond acceptors (Lipinski definition) is 2. The van der Waals surface area contributed by atoms with Crippen molar-refractivity contribution in [3.05, 3.63) is 29.3 Å². The van der Waals surface area contributed by atoms with Crippen LogP contribution < -0.4 is 5.32 Å². The number of unbranched alkanes of at least 4 members (excludes halogenated alkanes) is 3. The lowest BCUT2D eigenvalue weighted by atomic mass is 10.1. The topological polar surface area (TPSA) is 29.1 Å². The number of nitrogens with one attached hydrogen (secondary N) is 1. The first-order valence-corrected chi connectivity index (χ1v) is 7.63. The van der Waals surface area contributed by atoms with Crippen molar-refractivity contribution in [3.63, 3.8) is 0 Å². The molecule has 1 rings (SSSR count). The first kappa shape index (κ1) is 15.1. The zero-order chi connectivity index (χ0) is 13.4. The van der Waals surface area contributed by atoms with Crippen molar-refractivity contribution in [2.45, 2.75) is 46.5 Å². The molecule has 1 amide bonds. The Bertz CT molecular complexity index is 390. The highest BCUT2D eigenvalue weighted by atomic mass is 32.2. The highest BCUT2D eigenvalue weighted by Crippen LogP contribution is 2.20. The molecular formula is C15H23NOS. The molecule has 100 valence electrons. The Morgan fingerprint density at radius 2 is 2.00 bits per heavy atom. The Morgan fingerprint density at radius 3 is 2.72 bits per heavy atom. The molecule has 3 heteroatoms. The minimum Gasteiger partial charge on any atom is -0.317 e. The van der Waals surface area contributed by atoms with Crippen LogP contribution in [0.3, 0.4) is 0 Å². The molecule has 0 unspecified atom stereocenters. The first-order valence-electron chi connectivity index (χ1n) is 6.65. The zero-order valence-corrected chi connectivity index (χ0v) is 12.4. The number of amides is 1. The average Bonchev–Trinajstić information content (AvgIpc) is 2.35. The van der Waals surface area contributed by atoms with Crippen LogP contribution in [0.15, 0.2) is 18.2 Å². The number of benzene rings is 1. The number of carbonyl (C=O) groups excluding carboxylic acids is 1. The Balaban J connectivity index is 2.34. The minimum absolute atomic E-state index is 0.0557. The minimum atomic E-state index is 0.0557. The van der Waals surface area contributed by atoms with Crippen LogP contribution in [0, 0.1) is 13.8 Å². The third-order valence-corrected chi connectivity index (χ3v) is 3.93.